The molecule has 0 aliphatic carbocycles. The largest absolute Gasteiger partial charge is 0.491 e. The van der Waals surface area contributed by atoms with E-state index in [2.05, 4.69) is 149 Å². The predicted octanol–water partition coefficient (Wildman–Crippen LogP) is 16.7. The number of hydrogen-bond donors (Lipinski definition) is 0. The predicted molar refractivity (Wildman–Crippen MR) is 273 cm³/mol. The van der Waals surface area contributed by atoms with Crippen LogP contribution in [-0.2, 0) is 12.8 Å². The minimum absolute atomic E-state index is 0.102. The lowest BCUT2D eigenvalue weighted by Gasteiger charge is -2.21. The van der Waals surface area contributed by atoms with Crippen molar-refractivity contribution < 1.29 is 23.7 Å². The lowest BCUT2D eigenvalue weighted by Crippen LogP contribution is -2.22. The van der Waals surface area contributed by atoms with Crippen LogP contribution < -0.4 is 23.7 Å². The Kier molecular flexibility index (Phi) is 25.5. The van der Waals surface area contributed by atoms with E-state index in [1.54, 1.807) is 0 Å². The van der Waals surface area contributed by atoms with Gasteiger partial charge in [0, 0.05) is 8.04 Å². The van der Waals surface area contributed by atoms with Crippen LogP contribution in [0.2, 0.25) is 0 Å². The Morgan fingerprint density at radius 1 is 0.459 bits per heavy atom. The Balaban J connectivity index is 0.000000382. The lowest BCUT2D eigenvalue weighted by atomic mass is 10.1. The molecule has 0 radical (unpaired) electrons. The van der Waals surface area contributed by atoms with Crippen LogP contribution in [0, 0.1) is 10.5 Å². The second-order valence-corrected chi connectivity index (χ2v) is 20.3. The van der Waals surface area contributed by atoms with E-state index in [-0.39, 0.29) is 29.0 Å². The average molecular weight is 1010 g/mol. The minimum atomic E-state index is -0.105. The second kappa shape index (κ2) is 28.1. The van der Waals surface area contributed by atoms with Gasteiger partial charge < -0.3 is 23.7 Å². The van der Waals surface area contributed by atoms with Gasteiger partial charge in [0.1, 0.15) is 45.6 Å². The number of rotatable bonds is 10. The zero-order valence-corrected chi connectivity index (χ0v) is 43.9. The summed E-state index contributed by atoms with van der Waals surface area (Å²) in [7, 11) is 0. The van der Waals surface area contributed by atoms with E-state index in [0.29, 0.717) is 0 Å². The van der Waals surface area contributed by atoms with Gasteiger partial charge in [-0.3, -0.25) is 0 Å². The van der Waals surface area contributed by atoms with Gasteiger partial charge in [-0.2, -0.15) is 0 Å². The molecule has 0 aromatic heterocycles. The maximum Gasteiger partial charge on any atom is 0.120 e. The van der Waals surface area contributed by atoms with Crippen molar-refractivity contribution in [2.75, 3.05) is 0 Å². The Morgan fingerprint density at radius 3 is 1.08 bits per heavy atom. The van der Waals surface area contributed by atoms with Crippen molar-refractivity contribution in [2.45, 2.75) is 159 Å². The third-order valence-electron chi connectivity index (χ3n) is 7.46. The van der Waals surface area contributed by atoms with Gasteiger partial charge in [-0.15, -0.1) is 0 Å². The molecule has 5 nitrogen and oxygen atoms in total. The average Bonchev–Trinajstić information content (AvgIpc) is 3.15. The molecule has 61 heavy (non-hydrogen) atoms. The van der Waals surface area contributed by atoms with Crippen molar-refractivity contribution >= 4 is 38.5 Å². The normalized spacial score (nSPS) is 11.0. The molecule has 0 heterocycles. The third-order valence-corrected chi connectivity index (χ3v) is 8.71. The number of aryl methyl sites for hydroxylation is 3. The first kappa shape index (κ1) is 55.3. The molecule has 0 unspecified atom stereocenters. The molecule has 5 aromatic rings. The molecule has 5 rings (SSSR count). The number of halogens is 2. The van der Waals surface area contributed by atoms with Crippen LogP contribution in [0.25, 0.3) is 0 Å². The lowest BCUT2D eigenvalue weighted by molar-refractivity contribution is 0.130. The monoisotopic (exact) mass is 1010 g/mol. The van der Waals surface area contributed by atoms with Gasteiger partial charge in [-0.25, -0.2) is 0 Å². The molecule has 5 aromatic carbocycles. The van der Waals surface area contributed by atoms with Crippen LogP contribution in [0.4, 0.5) is 0 Å². The van der Waals surface area contributed by atoms with Crippen molar-refractivity contribution in [1.29, 1.82) is 0 Å². The van der Waals surface area contributed by atoms with Gasteiger partial charge in [0.2, 0.25) is 0 Å². The summed E-state index contributed by atoms with van der Waals surface area (Å²) in [6.07, 6.45) is 3.93. The van der Waals surface area contributed by atoms with E-state index < -0.39 is 0 Å². The highest BCUT2D eigenvalue weighted by Crippen LogP contribution is 2.21. The first-order chi connectivity index (χ1) is 28.4. The first-order valence-electron chi connectivity index (χ1n) is 21.5. The van der Waals surface area contributed by atoms with Gasteiger partial charge in [0.25, 0.3) is 0 Å². The highest BCUT2D eigenvalue weighted by molar-refractivity contribution is 14.1. The molecule has 0 saturated heterocycles. The standard InChI is InChI=1S/C13H20O.C12H18O.C11H16O.C9H11BrO.C9H11IO/c1-5-6-11-7-9-12(10-8-11)14-13(2,3)4;1-5-10-6-8-11(9-7-10)13-12(2,3)4;1-9-5-7-10(8-6-9)12-11(2,3)4;2*1-7(2)11-9-5-3-8(10)4-6-9/h7-10H,5-6H2,1-4H3;6-9H,5H2,1-4H3;5-8H,1-4H3;2*3-7H,1-2H3. The quantitative estimate of drug-likeness (QED) is 0.130. The van der Waals surface area contributed by atoms with Crippen LogP contribution in [0.3, 0.4) is 0 Å². The van der Waals surface area contributed by atoms with Crippen molar-refractivity contribution in [3.63, 3.8) is 0 Å². The molecule has 0 atom stereocenters. The van der Waals surface area contributed by atoms with E-state index in [1.807, 2.05) is 121 Å². The fourth-order valence-corrected chi connectivity index (χ4v) is 5.67. The molecule has 0 amide bonds. The topological polar surface area (TPSA) is 46.2 Å². The van der Waals surface area contributed by atoms with Crippen LogP contribution in [-0.4, -0.2) is 29.0 Å². The third kappa shape index (κ3) is 30.1. The molecule has 0 aliphatic rings. The maximum atomic E-state index is 5.73. The van der Waals surface area contributed by atoms with Crippen molar-refractivity contribution in [3.05, 3.63) is 146 Å². The van der Waals surface area contributed by atoms with Gasteiger partial charge in [-0.05, 0) is 228 Å². The Labute approximate surface area is 393 Å². The first-order valence-corrected chi connectivity index (χ1v) is 23.4. The van der Waals surface area contributed by atoms with Crippen molar-refractivity contribution in [2.24, 2.45) is 0 Å². The Hall–Kier alpha value is -3.69. The highest BCUT2D eigenvalue weighted by atomic mass is 127. The van der Waals surface area contributed by atoms with Crippen LogP contribution in [0.15, 0.2) is 126 Å². The van der Waals surface area contributed by atoms with Gasteiger partial charge in [-0.1, -0.05) is 78.2 Å². The zero-order valence-electron chi connectivity index (χ0n) is 40.1. The van der Waals surface area contributed by atoms with Crippen LogP contribution in [0.5, 0.6) is 28.7 Å². The summed E-state index contributed by atoms with van der Waals surface area (Å²) in [6.45, 7) is 33.0. The van der Waals surface area contributed by atoms with Crippen molar-refractivity contribution in [3.8, 4) is 28.7 Å². The summed E-state index contributed by atoms with van der Waals surface area (Å²) < 4.78 is 30.3. The van der Waals surface area contributed by atoms with Crippen LogP contribution in [0.1, 0.15) is 127 Å². The summed E-state index contributed by atoms with van der Waals surface area (Å²) in [5.74, 6) is 4.71. The molecule has 0 aliphatic heterocycles. The molecular weight excluding hydrogens is 935 g/mol. The van der Waals surface area contributed by atoms with Gasteiger partial charge >= 0.3 is 0 Å². The number of benzene rings is 5. The molecule has 7 heteroatoms. The SMILES string of the molecule is CC(C)Oc1ccc(Br)cc1.CC(C)Oc1ccc(I)cc1.CCCc1ccc(OC(C)(C)C)cc1.CCc1ccc(OC(C)(C)C)cc1.Cc1ccc(OC(C)(C)C)cc1. The summed E-state index contributed by atoms with van der Waals surface area (Å²) in [6, 6.07) is 40.7. The number of ether oxygens (including phenoxy) is 5. The fourth-order valence-electron chi connectivity index (χ4n) is 5.04. The number of hydrogen-bond acceptors (Lipinski definition) is 5. The van der Waals surface area contributed by atoms with E-state index >= 15 is 0 Å². The minimum Gasteiger partial charge on any atom is -0.491 e. The molecule has 0 fully saturated rings. The highest BCUT2D eigenvalue weighted by Gasteiger charge is 2.12. The molecule has 0 spiro atoms. The summed E-state index contributed by atoms with van der Waals surface area (Å²) in [4.78, 5) is 0. The van der Waals surface area contributed by atoms with E-state index in [4.69, 9.17) is 23.7 Å². The van der Waals surface area contributed by atoms with Crippen molar-refractivity contribution in [1.82, 2.24) is 0 Å². The summed E-state index contributed by atoms with van der Waals surface area (Å²) in [5.41, 5.74) is 3.68. The van der Waals surface area contributed by atoms with Gasteiger partial charge in [0.05, 0.1) is 12.2 Å². The smallest absolute Gasteiger partial charge is 0.120 e. The van der Waals surface area contributed by atoms with Gasteiger partial charge in [0.15, 0.2) is 0 Å². The summed E-state index contributed by atoms with van der Waals surface area (Å²) >= 11 is 5.63. The second-order valence-electron chi connectivity index (χ2n) is 18.1. The zero-order chi connectivity index (χ0) is 46.2. The Bertz CT molecular complexity index is 1800. The van der Waals surface area contributed by atoms with E-state index in [9.17, 15) is 0 Å². The molecule has 336 valence electrons. The van der Waals surface area contributed by atoms with E-state index in [0.717, 1.165) is 46.1 Å². The molecular formula is C54H76BrIO5. The Morgan fingerprint density at radius 2 is 0.770 bits per heavy atom. The molecule has 0 saturated carbocycles. The maximum absolute atomic E-state index is 5.73. The van der Waals surface area contributed by atoms with E-state index in [1.165, 1.54) is 26.7 Å². The molecule has 0 bridgehead atoms. The molecule has 0 N–H and O–H groups in total. The fraction of sp³-hybridized carbons (Fsp3) is 0.444. The summed E-state index contributed by atoms with van der Waals surface area (Å²) in [5, 5.41) is 0. The van der Waals surface area contributed by atoms with Crippen LogP contribution >= 0.6 is 38.5 Å².